The molecule has 0 aliphatic rings. The van der Waals surface area contributed by atoms with E-state index in [1.54, 1.807) is 24.2 Å². The van der Waals surface area contributed by atoms with Gasteiger partial charge in [-0.3, -0.25) is 9.78 Å². The summed E-state index contributed by atoms with van der Waals surface area (Å²) in [6, 6.07) is 22.8. The van der Waals surface area contributed by atoms with Crippen molar-refractivity contribution in [2.24, 2.45) is 0 Å². The second-order valence-corrected chi connectivity index (χ2v) is 6.44. The molecule has 3 aromatic rings. The minimum absolute atomic E-state index is 0.0701. The molecule has 0 aliphatic heterocycles. The van der Waals surface area contributed by atoms with Crippen molar-refractivity contribution < 1.29 is 14.3 Å². The summed E-state index contributed by atoms with van der Waals surface area (Å²) in [5.74, 6) is 1.03. The van der Waals surface area contributed by atoms with Crippen molar-refractivity contribution in [1.29, 1.82) is 0 Å². The average molecular weight is 376 g/mol. The number of ether oxygens (including phenoxy) is 2. The summed E-state index contributed by atoms with van der Waals surface area (Å²) in [5, 5.41) is 0. The Balaban J connectivity index is 1.58. The van der Waals surface area contributed by atoms with Crippen molar-refractivity contribution in [1.82, 2.24) is 9.88 Å². The minimum Gasteiger partial charge on any atom is -0.485 e. The normalized spacial score (nSPS) is 11.5. The molecule has 0 aliphatic carbocycles. The highest BCUT2D eigenvalue weighted by molar-refractivity contribution is 5.78. The molecule has 0 bridgehead atoms. The maximum absolute atomic E-state index is 12.6. The van der Waals surface area contributed by atoms with E-state index >= 15 is 0 Å². The molecule has 0 radical (unpaired) electrons. The van der Waals surface area contributed by atoms with Gasteiger partial charge in [-0.1, -0.05) is 48.5 Å². The number of carbonyl (C=O) groups excluding carboxylic acids is 1. The number of benzene rings is 2. The molecule has 1 heterocycles. The van der Waals surface area contributed by atoms with E-state index in [-0.39, 0.29) is 18.6 Å². The summed E-state index contributed by atoms with van der Waals surface area (Å²) in [4.78, 5) is 18.5. The predicted octanol–water partition coefficient (Wildman–Crippen LogP) is 4.26. The van der Waals surface area contributed by atoms with Crippen LogP contribution in [0.5, 0.6) is 11.5 Å². The quantitative estimate of drug-likeness (QED) is 0.589. The first kappa shape index (κ1) is 19.4. The van der Waals surface area contributed by atoms with Crippen molar-refractivity contribution in [2.45, 2.75) is 19.6 Å². The highest BCUT2D eigenvalue weighted by Gasteiger charge is 2.19. The Kier molecular flexibility index (Phi) is 6.63. The second kappa shape index (κ2) is 9.55. The van der Waals surface area contributed by atoms with Gasteiger partial charge >= 0.3 is 0 Å². The van der Waals surface area contributed by atoms with Gasteiger partial charge in [0.15, 0.2) is 18.1 Å². The first-order valence-corrected chi connectivity index (χ1v) is 9.20. The zero-order valence-corrected chi connectivity index (χ0v) is 16.1. The topological polar surface area (TPSA) is 51.7 Å². The van der Waals surface area contributed by atoms with Gasteiger partial charge < -0.3 is 14.4 Å². The number of likely N-dealkylation sites (N-methyl/N-ethyl adjacent to an activating group) is 1. The lowest BCUT2D eigenvalue weighted by Crippen LogP contribution is -2.34. The van der Waals surface area contributed by atoms with Crippen LogP contribution in [0.25, 0.3) is 0 Å². The molecule has 5 nitrogen and oxygen atoms in total. The monoisotopic (exact) mass is 376 g/mol. The van der Waals surface area contributed by atoms with Gasteiger partial charge in [-0.2, -0.15) is 0 Å². The van der Waals surface area contributed by atoms with E-state index in [0.29, 0.717) is 18.1 Å². The van der Waals surface area contributed by atoms with Crippen LogP contribution >= 0.6 is 0 Å². The number of carbonyl (C=O) groups is 1. The van der Waals surface area contributed by atoms with E-state index in [9.17, 15) is 4.79 Å². The number of hydrogen-bond donors (Lipinski definition) is 0. The summed E-state index contributed by atoms with van der Waals surface area (Å²) < 4.78 is 11.6. The molecule has 5 heteroatoms. The summed E-state index contributed by atoms with van der Waals surface area (Å²) >= 11 is 0. The maximum atomic E-state index is 12.6. The molecule has 0 saturated carbocycles. The van der Waals surface area contributed by atoms with Crippen LogP contribution in [-0.2, 0) is 11.4 Å². The number of para-hydroxylation sites is 2. The van der Waals surface area contributed by atoms with E-state index in [0.717, 1.165) is 11.3 Å². The molecule has 2 aromatic carbocycles. The van der Waals surface area contributed by atoms with Gasteiger partial charge in [0.05, 0.1) is 11.7 Å². The standard InChI is InChI=1S/C23H24N2O3/c1-18(20-12-8-9-15-24-20)25(2)23(26)17-28-22-14-7-6-13-21(22)27-16-19-10-4-3-5-11-19/h3-15,18H,16-17H2,1-2H3. The maximum Gasteiger partial charge on any atom is 0.260 e. The van der Waals surface area contributed by atoms with Crippen molar-refractivity contribution in [3.63, 3.8) is 0 Å². The third-order valence-electron chi connectivity index (χ3n) is 4.53. The lowest BCUT2D eigenvalue weighted by molar-refractivity contribution is -0.134. The molecule has 0 spiro atoms. The average Bonchev–Trinajstić information content (AvgIpc) is 2.76. The first-order valence-electron chi connectivity index (χ1n) is 9.20. The van der Waals surface area contributed by atoms with E-state index < -0.39 is 0 Å². The molecule has 0 saturated heterocycles. The number of aromatic nitrogens is 1. The Labute approximate surface area is 165 Å². The third kappa shape index (κ3) is 5.10. The van der Waals surface area contributed by atoms with E-state index in [2.05, 4.69) is 4.98 Å². The molecule has 0 fully saturated rings. The Bertz CT molecular complexity index is 885. The number of pyridine rings is 1. The van der Waals surface area contributed by atoms with Crippen molar-refractivity contribution in [3.8, 4) is 11.5 Å². The van der Waals surface area contributed by atoms with Crippen molar-refractivity contribution in [2.75, 3.05) is 13.7 Å². The largest absolute Gasteiger partial charge is 0.485 e. The molecule has 144 valence electrons. The lowest BCUT2D eigenvalue weighted by atomic mass is 10.2. The molecule has 1 amide bonds. The fourth-order valence-corrected chi connectivity index (χ4v) is 2.70. The van der Waals surface area contributed by atoms with Crippen LogP contribution in [0.3, 0.4) is 0 Å². The zero-order chi connectivity index (χ0) is 19.8. The van der Waals surface area contributed by atoms with E-state index in [4.69, 9.17) is 9.47 Å². The van der Waals surface area contributed by atoms with Crippen LogP contribution in [0, 0.1) is 0 Å². The number of nitrogens with zero attached hydrogens (tertiary/aromatic N) is 2. The Morgan fingerprint density at radius 2 is 1.57 bits per heavy atom. The first-order chi connectivity index (χ1) is 13.6. The van der Waals surface area contributed by atoms with Gasteiger partial charge in [0.1, 0.15) is 6.61 Å². The van der Waals surface area contributed by atoms with Gasteiger partial charge in [-0.25, -0.2) is 0 Å². The summed E-state index contributed by atoms with van der Waals surface area (Å²) in [5.41, 5.74) is 1.90. The number of amides is 1. The summed E-state index contributed by atoms with van der Waals surface area (Å²) in [7, 11) is 1.75. The molecule has 1 atom stereocenters. The van der Waals surface area contributed by atoms with Gasteiger partial charge in [-0.15, -0.1) is 0 Å². The van der Waals surface area contributed by atoms with Gasteiger partial charge in [0.2, 0.25) is 0 Å². The fraction of sp³-hybridized carbons (Fsp3) is 0.217. The number of hydrogen-bond acceptors (Lipinski definition) is 4. The van der Waals surface area contributed by atoms with Gasteiger partial charge in [0.25, 0.3) is 5.91 Å². The summed E-state index contributed by atoms with van der Waals surface area (Å²) in [6.45, 7) is 2.31. The molecular weight excluding hydrogens is 352 g/mol. The Hall–Kier alpha value is -3.34. The van der Waals surface area contributed by atoms with Crippen molar-refractivity contribution >= 4 is 5.91 Å². The van der Waals surface area contributed by atoms with Gasteiger partial charge in [0, 0.05) is 13.2 Å². The molecule has 28 heavy (non-hydrogen) atoms. The van der Waals surface area contributed by atoms with E-state index in [1.165, 1.54) is 0 Å². The molecular formula is C23H24N2O3. The van der Waals surface area contributed by atoms with Crippen LogP contribution < -0.4 is 9.47 Å². The fourth-order valence-electron chi connectivity index (χ4n) is 2.70. The van der Waals surface area contributed by atoms with E-state index in [1.807, 2.05) is 73.7 Å². The van der Waals surface area contributed by atoms with Crippen LogP contribution in [0.2, 0.25) is 0 Å². The predicted molar refractivity (Wildman–Crippen MR) is 108 cm³/mol. The Morgan fingerprint density at radius 1 is 0.929 bits per heavy atom. The smallest absolute Gasteiger partial charge is 0.260 e. The van der Waals surface area contributed by atoms with Crippen LogP contribution in [0.15, 0.2) is 79.0 Å². The van der Waals surface area contributed by atoms with Crippen LogP contribution in [0.1, 0.15) is 24.2 Å². The second-order valence-electron chi connectivity index (χ2n) is 6.44. The summed E-state index contributed by atoms with van der Waals surface area (Å²) in [6.07, 6.45) is 1.72. The molecule has 1 aromatic heterocycles. The zero-order valence-electron chi connectivity index (χ0n) is 16.1. The third-order valence-corrected chi connectivity index (χ3v) is 4.53. The van der Waals surface area contributed by atoms with Crippen LogP contribution in [0.4, 0.5) is 0 Å². The SMILES string of the molecule is CC(c1ccccn1)N(C)C(=O)COc1ccccc1OCc1ccccc1. The Morgan fingerprint density at radius 3 is 2.25 bits per heavy atom. The highest BCUT2D eigenvalue weighted by Crippen LogP contribution is 2.27. The minimum atomic E-state index is -0.137. The molecule has 1 unspecified atom stereocenters. The lowest BCUT2D eigenvalue weighted by Gasteiger charge is -2.24. The van der Waals surface area contributed by atoms with Crippen molar-refractivity contribution in [3.05, 3.63) is 90.3 Å². The molecule has 0 N–H and O–H groups in total. The molecule has 3 rings (SSSR count). The highest BCUT2D eigenvalue weighted by atomic mass is 16.5. The number of rotatable bonds is 8. The van der Waals surface area contributed by atoms with Gasteiger partial charge in [-0.05, 0) is 36.8 Å². The van der Waals surface area contributed by atoms with Crippen LogP contribution in [-0.4, -0.2) is 29.4 Å².